The zero-order valence-corrected chi connectivity index (χ0v) is 10.9. The fraction of sp³-hybridized carbons (Fsp3) is 0.833. The molecule has 0 amide bonds. The van der Waals surface area contributed by atoms with Crippen LogP contribution in [-0.2, 0) is 4.43 Å². The summed E-state index contributed by atoms with van der Waals surface area (Å²) in [6.07, 6.45) is 10.0. The first kappa shape index (κ1) is 11.8. The van der Waals surface area contributed by atoms with Gasteiger partial charge in [-0.15, -0.1) is 0 Å². The predicted molar refractivity (Wildman–Crippen MR) is 64.8 cm³/mol. The van der Waals surface area contributed by atoms with E-state index in [9.17, 15) is 0 Å². The second kappa shape index (κ2) is 5.59. The van der Waals surface area contributed by atoms with E-state index in [0.29, 0.717) is 0 Å². The van der Waals surface area contributed by atoms with E-state index < -0.39 is 8.32 Å². The van der Waals surface area contributed by atoms with Crippen LogP contribution in [0.5, 0.6) is 0 Å². The molecular formula is C12H24OSi. The van der Waals surface area contributed by atoms with E-state index in [1.807, 2.05) is 0 Å². The van der Waals surface area contributed by atoms with Crippen LogP contribution >= 0.6 is 0 Å². The molecule has 1 rings (SSSR count). The van der Waals surface area contributed by atoms with Gasteiger partial charge in [-0.3, -0.25) is 0 Å². The Labute approximate surface area is 89.7 Å². The summed E-state index contributed by atoms with van der Waals surface area (Å²) < 4.78 is 6.18. The zero-order chi connectivity index (χ0) is 10.4. The third kappa shape index (κ3) is 4.31. The van der Waals surface area contributed by atoms with E-state index in [2.05, 4.69) is 26.1 Å². The Morgan fingerprint density at radius 3 is 2.71 bits per heavy atom. The summed E-state index contributed by atoms with van der Waals surface area (Å²) in [5.41, 5.74) is 0. The molecule has 0 N–H and O–H groups in total. The number of hydrogen-bond acceptors (Lipinski definition) is 1. The summed E-state index contributed by atoms with van der Waals surface area (Å²) in [5, 5.41) is 0. The molecule has 2 heteroatoms. The molecule has 0 radical (unpaired) electrons. The molecule has 1 aliphatic carbocycles. The van der Waals surface area contributed by atoms with Gasteiger partial charge in [-0.05, 0) is 44.5 Å². The highest BCUT2D eigenvalue weighted by Gasteiger charge is 2.24. The van der Waals surface area contributed by atoms with Gasteiger partial charge in [0.15, 0.2) is 0 Å². The lowest BCUT2D eigenvalue weighted by Crippen LogP contribution is -2.30. The van der Waals surface area contributed by atoms with Crippen LogP contribution in [0.3, 0.4) is 0 Å². The second-order valence-electron chi connectivity index (χ2n) is 4.88. The molecule has 0 aliphatic heterocycles. The van der Waals surface area contributed by atoms with Crippen molar-refractivity contribution in [2.75, 3.05) is 0 Å². The van der Waals surface area contributed by atoms with Crippen LogP contribution in [0.15, 0.2) is 11.8 Å². The lowest BCUT2D eigenvalue weighted by atomic mass is 10.1. The summed E-state index contributed by atoms with van der Waals surface area (Å²) in [6, 6.07) is 1.31. The van der Waals surface area contributed by atoms with Crippen molar-refractivity contribution in [3.05, 3.63) is 11.8 Å². The van der Waals surface area contributed by atoms with Crippen LogP contribution in [0.4, 0.5) is 0 Å². The summed E-state index contributed by atoms with van der Waals surface area (Å²) in [4.78, 5) is 0. The Bertz CT molecular complexity index is 196. The maximum absolute atomic E-state index is 6.18. The number of allylic oxidation sites excluding steroid dienone is 2. The van der Waals surface area contributed by atoms with Gasteiger partial charge in [-0.1, -0.05) is 19.8 Å². The van der Waals surface area contributed by atoms with Gasteiger partial charge in [0.05, 0.1) is 5.76 Å². The number of rotatable bonds is 5. The minimum atomic E-state index is -1.38. The van der Waals surface area contributed by atoms with Crippen LogP contribution < -0.4 is 0 Å². The third-order valence-corrected chi connectivity index (χ3v) is 5.16. The third-order valence-electron chi connectivity index (χ3n) is 2.79. The lowest BCUT2D eigenvalue weighted by molar-refractivity contribution is 0.373. The molecule has 0 bridgehead atoms. The topological polar surface area (TPSA) is 9.23 Å². The Kier molecular flexibility index (Phi) is 4.73. The fourth-order valence-electron chi connectivity index (χ4n) is 1.91. The minimum absolute atomic E-state index is 1.18. The molecule has 0 aromatic heterocycles. The van der Waals surface area contributed by atoms with Gasteiger partial charge >= 0.3 is 0 Å². The van der Waals surface area contributed by atoms with Crippen molar-refractivity contribution in [2.24, 2.45) is 0 Å². The Balaban J connectivity index is 2.36. The summed E-state index contributed by atoms with van der Waals surface area (Å²) >= 11 is 0. The monoisotopic (exact) mass is 212 g/mol. The first-order valence-corrected chi connectivity index (χ1v) is 9.13. The Hall–Kier alpha value is -0.243. The molecule has 0 heterocycles. The van der Waals surface area contributed by atoms with E-state index in [1.165, 1.54) is 50.3 Å². The maximum atomic E-state index is 6.18. The van der Waals surface area contributed by atoms with E-state index in [-0.39, 0.29) is 0 Å². The van der Waals surface area contributed by atoms with Crippen molar-refractivity contribution in [2.45, 2.75) is 64.6 Å². The van der Waals surface area contributed by atoms with E-state index in [4.69, 9.17) is 4.43 Å². The van der Waals surface area contributed by atoms with Crippen LogP contribution in [0.25, 0.3) is 0 Å². The van der Waals surface area contributed by atoms with Gasteiger partial charge < -0.3 is 4.43 Å². The van der Waals surface area contributed by atoms with Crippen molar-refractivity contribution in [3.63, 3.8) is 0 Å². The quantitative estimate of drug-likeness (QED) is 0.611. The van der Waals surface area contributed by atoms with E-state index >= 15 is 0 Å². The second-order valence-corrected chi connectivity index (χ2v) is 9.11. The Morgan fingerprint density at radius 2 is 2.14 bits per heavy atom. The average Bonchev–Trinajstić information content (AvgIpc) is 2.16. The van der Waals surface area contributed by atoms with Gasteiger partial charge in [0, 0.05) is 6.42 Å². The molecule has 0 spiro atoms. The fourth-order valence-corrected chi connectivity index (χ4v) is 4.11. The normalized spacial score (nSPS) is 17.8. The molecule has 0 aromatic carbocycles. The van der Waals surface area contributed by atoms with Crippen LogP contribution in [0.1, 0.15) is 45.4 Å². The van der Waals surface area contributed by atoms with Crippen molar-refractivity contribution < 1.29 is 4.43 Å². The van der Waals surface area contributed by atoms with E-state index in [1.54, 1.807) is 0 Å². The highest BCUT2D eigenvalue weighted by atomic mass is 28.4. The molecule has 1 aliphatic rings. The van der Waals surface area contributed by atoms with Crippen molar-refractivity contribution in [3.8, 4) is 0 Å². The van der Waals surface area contributed by atoms with E-state index in [0.717, 1.165) is 0 Å². The van der Waals surface area contributed by atoms with Crippen molar-refractivity contribution in [1.29, 1.82) is 0 Å². The predicted octanol–water partition coefficient (Wildman–Crippen LogP) is 4.47. The van der Waals surface area contributed by atoms with Gasteiger partial charge in [0.1, 0.15) is 0 Å². The molecule has 0 aromatic rings. The average molecular weight is 212 g/mol. The molecule has 0 atom stereocenters. The number of unbranched alkanes of at least 4 members (excludes halogenated alkanes) is 1. The molecule has 1 nitrogen and oxygen atoms in total. The number of hydrogen-bond donors (Lipinski definition) is 0. The molecule has 14 heavy (non-hydrogen) atoms. The van der Waals surface area contributed by atoms with Crippen LogP contribution in [-0.4, -0.2) is 8.32 Å². The van der Waals surface area contributed by atoms with Gasteiger partial charge in [0.2, 0.25) is 8.32 Å². The molecule has 0 unspecified atom stereocenters. The molecule has 0 fully saturated rings. The molecule has 82 valence electrons. The summed E-state index contributed by atoms with van der Waals surface area (Å²) in [7, 11) is -1.38. The maximum Gasteiger partial charge on any atom is 0.244 e. The highest BCUT2D eigenvalue weighted by Crippen LogP contribution is 2.25. The molecular weight excluding hydrogens is 188 g/mol. The SMILES string of the molecule is CCCC[Si](C)(C)OC1=CCCCC1. The molecule has 0 saturated carbocycles. The summed E-state index contributed by atoms with van der Waals surface area (Å²) in [6.45, 7) is 6.95. The largest absolute Gasteiger partial charge is 0.547 e. The zero-order valence-electron chi connectivity index (χ0n) is 9.94. The molecule has 0 saturated heterocycles. The highest BCUT2D eigenvalue weighted by molar-refractivity contribution is 6.71. The van der Waals surface area contributed by atoms with Crippen LogP contribution in [0, 0.1) is 0 Å². The van der Waals surface area contributed by atoms with Gasteiger partial charge in [-0.2, -0.15) is 0 Å². The first-order valence-electron chi connectivity index (χ1n) is 6.02. The first-order chi connectivity index (χ1) is 6.64. The Morgan fingerprint density at radius 1 is 1.36 bits per heavy atom. The van der Waals surface area contributed by atoms with Crippen molar-refractivity contribution in [1.82, 2.24) is 0 Å². The lowest BCUT2D eigenvalue weighted by Gasteiger charge is -2.27. The minimum Gasteiger partial charge on any atom is -0.547 e. The summed E-state index contributed by atoms with van der Waals surface area (Å²) in [5.74, 6) is 1.30. The van der Waals surface area contributed by atoms with Crippen molar-refractivity contribution >= 4 is 8.32 Å². The smallest absolute Gasteiger partial charge is 0.244 e. The van der Waals surface area contributed by atoms with Gasteiger partial charge in [-0.25, -0.2) is 0 Å². The standard InChI is InChI=1S/C12H24OSi/c1-4-5-11-14(2,3)13-12-9-7-6-8-10-12/h9H,4-8,10-11H2,1-3H3. The van der Waals surface area contributed by atoms with Crippen LogP contribution in [0.2, 0.25) is 19.1 Å². The van der Waals surface area contributed by atoms with Gasteiger partial charge in [0.25, 0.3) is 0 Å².